The van der Waals surface area contributed by atoms with Crippen molar-refractivity contribution in [2.24, 2.45) is 0 Å². The molecule has 0 spiro atoms. The molecule has 9 heteroatoms. The predicted octanol–water partition coefficient (Wildman–Crippen LogP) is -1.56. The van der Waals surface area contributed by atoms with Crippen LogP contribution in [0.5, 0.6) is 0 Å². The van der Waals surface area contributed by atoms with E-state index < -0.39 is 43.0 Å². The Morgan fingerprint density at radius 1 is 1.16 bits per heavy atom. The molecule has 4 N–H and O–H groups in total. The van der Waals surface area contributed by atoms with Gasteiger partial charge >= 0.3 is 18.0 Å². The molecule has 9 nitrogen and oxygen atoms in total. The van der Waals surface area contributed by atoms with Crippen LogP contribution in [0.25, 0.3) is 0 Å². The van der Waals surface area contributed by atoms with Gasteiger partial charge in [-0.25, -0.2) is 9.59 Å². The molecule has 19 heavy (non-hydrogen) atoms. The Kier molecular flexibility index (Phi) is 7.66. The lowest BCUT2D eigenvalue weighted by molar-refractivity contribution is -0.144. The van der Waals surface area contributed by atoms with Gasteiger partial charge in [0.25, 0.3) is 0 Å². The SMILES string of the molecule is CCOC(=O)C(C)NC(=O)NCC(=O)NCC(=O)O. The van der Waals surface area contributed by atoms with Crippen molar-refractivity contribution in [3.8, 4) is 0 Å². The van der Waals surface area contributed by atoms with Crippen LogP contribution in [0.1, 0.15) is 13.8 Å². The fraction of sp³-hybridized carbons (Fsp3) is 0.600. The summed E-state index contributed by atoms with van der Waals surface area (Å²) in [4.78, 5) is 43.7. The van der Waals surface area contributed by atoms with Crippen LogP contribution in [0.15, 0.2) is 0 Å². The summed E-state index contributed by atoms with van der Waals surface area (Å²) < 4.78 is 4.67. The minimum absolute atomic E-state index is 0.198. The fourth-order valence-electron chi connectivity index (χ4n) is 0.971. The lowest BCUT2D eigenvalue weighted by Gasteiger charge is -2.13. The highest BCUT2D eigenvalue weighted by Crippen LogP contribution is 1.87. The molecule has 0 aliphatic carbocycles. The van der Waals surface area contributed by atoms with E-state index in [2.05, 4.69) is 20.7 Å². The summed E-state index contributed by atoms with van der Waals surface area (Å²) >= 11 is 0. The topological polar surface area (TPSA) is 134 Å². The molecular formula is C10H17N3O6. The number of carbonyl (C=O) groups is 4. The second kappa shape index (κ2) is 8.72. The van der Waals surface area contributed by atoms with Crippen LogP contribution in [0.4, 0.5) is 4.79 Å². The Morgan fingerprint density at radius 2 is 1.79 bits per heavy atom. The molecule has 0 rings (SSSR count). The van der Waals surface area contributed by atoms with E-state index in [-0.39, 0.29) is 6.61 Å². The van der Waals surface area contributed by atoms with E-state index in [0.717, 1.165) is 0 Å². The van der Waals surface area contributed by atoms with Crippen LogP contribution in [0.3, 0.4) is 0 Å². The van der Waals surface area contributed by atoms with Crippen LogP contribution < -0.4 is 16.0 Å². The summed E-state index contributed by atoms with van der Waals surface area (Å²) in [6.45, 7) is 2.35. The van der Waals surface area contributed by atoms with Crippen molar-refractivity contribution in [2.75, 3.05) is 19.7 Å². The molecule has 0 aromatic rings. The van der Waals surface area contributed by atoms with E-state index in [0.29, 0.717) is 0 Å². The van der Waals surface area contributed by atoms with Gasteiger partial charge in [-0.05, 0) is 13.8 Å². The smallest absolute Gasteiger partial charge is 0.328 e. The van der Waals surface area contributed by atoms with Crippen molar-refractivity contribution in [3.05, 3.63) is 0 Å². The van der Waals surface area contributed by atoms with Gasteiger partial charge in [0.1, 0.15) is 12.6 Å². The van der Waals surface area contributed by atoms with Crippen LogP contribution in [0.2, 0.25) is 0 Å². The lowest BCUT2D eigenvalue weighted by atomic mass is 10.3. The number of urea groups is 1. The van der Waals surface area contributed by atoms with Crippen LogP contribution in [-0.2, 0) is 19.1 Å². The number of hydrogen-bond donors (Lipinski definition) is 4. The van der Waals surface area contributed by atoms with E-state index in [4.69, 9.17) is 5.11 Å². The molecule has 0 aromatic carbocycles. The second-order valence-electron chi connectivity index (χ2n) is 3.47. The Labute approximate surface area is 109 Å². The fourth-order valence-corrected chi connectivity index (χ4v) is 0.971. The van der Waals surface area contributed by atoms with Gasteiger partial charge in [0.2, 0.25) is 5.91 Å². The minimum atomic E-state index is -1.19. The maximum Gasteiger partial charge on any atom is 0.328 e. The van der Waals surface area contributed by atoms with E-state index in [1.165, 1.54) is 6.92 Å². The number of ether oxygens (including phenoxy) is 1. The van der Waals surface area contributed by atoms with Crippen molar-refractivity contribution in [1.29, 1.82) is 0 Å². The van der Waals surface area contributed by atoms with E-state index >= 15 is 0 Å². The zero-order valence-electron chi connectivity index (χ0n) is 10.7. The third-order valence-electron chi connectivity index (χ3n) is 1.83. The quantitative estimate of drug-likeness (QED) is 0.415. The van der Waals surface area contributed by atoms with Gasteiger partial charge in [0.15, 0.2) is 0 Å². The number of amides is 3. The Balaban J connectivity index is 3.89. The number of hydrogen-bond acceptors (Lipinski definition) is 5. The molecular weight excluding hydrogens is 258 g/mol. The Morgan fingerprint density at radius 3 is 2.32 bits per heavy atom. The van der Waals surface area contributed by atoms with Crippen molar-refractivity contribution in [2.45, 2.75) is 19.9 Å². The summed E-state index contributed by atoms with van der Waals surface area (Å²) in [7, 11) is 0. The van der Waals surface area contributed by atoms with Crippen molar-refractivity contribution in [3.63, 3.8) is 0 Å². The highest BCUT2D eigenvalue weighted by Gasteiger charge is 2.16. The zero-order chi connectivity index (χ0) is 14.8. The molecule has 0 saturated carbocycles. The molecule has 0 radical (unpaired) electrons. The Bertz CT molecular complexity index is 357. The summed E-state index contributed by atoms with van der Waals surface area (Å²) in [5, 5.41) is 14.8. The van der Waals surface area contributed by atoms with Crippen LogP contribution >= 0.6 is 0 Å². The lowest BCUT2D eigenvalue weighted by Crippen LogP contribution is -2.48. The Hall–Kier alpha value is -2.32. The molecule has 3 amide bonds. The highest BCUT2D eigenvalue weighted by molar-refractivity contribution is 5.88. The van der Waals surface area contributed by atoms with Gasteiger partial charge in [-0.2, -0.15) is 0 Å². The molecule has 1 unspecified atom stereocenters. The molecule has 0 saturated heterocycles. The first-order chi connectivity index (χ1) is 8.86. The predicted molar refractivity (Wildman–Crippen MR) is 63.3 cm³/mol. The molecule has 0 aromatic heterocycles. The molecule has 108 valence electrons. The van der Waals surface area contributed by atoms with Gasteiger partial charge < -0.3 is 25.8 Å². The first kappa shape index (κ1) is 16.7. The van der Waals surface area contributed by atoms with Crippen molar-refractivity contribution >= 4 is 23.9 Å². The zero-order valence-corrected chi connectivity index (χ0v) is 10.7. The summed E-state index contributed by atoms with van der Waals surface area (Å²) in [5.74, 6) is -2.43. The van der Waals surface area contributed by atoms with Crippen LogP contribution in [0, 0.1) is 0 Å². The van der Waals surface area contributed by atoms with Crippen molar-refractivity contribution in [1.82, 2.24) is 16.0 Å². The average molecular weight is 275 g/mol. The van der Waals surface area contributed by atoms with Gasteiger partial charge in [-0.15, -0.1) is 0 Å². The molecule has 0 bridgehead atoms. The van der Waals surface area contributed by atoms with E-state index in [1.807, 2.05) is 0 Å². The molecule has 0 aliphatic heterocycles. The monoisotopic (exact) mass is 275 g/mol. The number of aliphatic carboxylic acids is 1. The van der Waals surface area contributed by atoms with Gasteiger partial charge in [-0.3, -0.25) is 9.59 Å². The third-order valence-corrected chi connectivity index (χ3v) is 1.83. The minimum Gasteiger partial charge on any atom is -0.480 e. The van der Waals surface area contributed by atoms with E-state index in [1.54, 1.807) is 6.92 Å². The maximum atomic E-state index is 11.3. The van der Waals surface area contributed by atoms with E-state index in [9.17, 15) is 19.2 Å². The average Bonchev–Trinajstić information content (AvgIpc) is 2.34. The summed E-state index contributed by atoms with van der Waals surface area (Å²) in [6, 6.07) is -1.58. The number of carboxylic acid groups (broad SMARTS) is 1. The molecule has 1 atom stereocenters. The number of carboxylic acids is 1. The first-order valence-corrected chi connectivity index (χ1v) is 5.56. The van der Waals surface area contributed by atoms with Crippen molar-refractivity contribution < 1.29 is 29.0 Å². The molecule has 0 aliphatic rings. The number of esters is 1. The summed E-state index contributed by atoms with van der Waals surface area (Å²) in [5.41, 5.74) is 0. The van der Waals surface area contributed by atoms with Gasteiger partial charge in [-0.1, -0.05) is 0 Å². The summed E-state index contributed by atoms with van der Waals surface area (Å²) in [6.07, 6.45) is 0. The third kappa shape index (κ3) is 8.41. The van der Waals surface area contributed by atoms with Gasteiger partial charge in [0.05, 0.1) is 13.2 Å². The standard InChI is InChI=1S/C10H17N3O6/c1-3-19-9(17)6(2)13-10(18)12-4-7(14)11-5-8(15)16/h6H,3-5H2,1-2H3,(H,11,14)(H,15,16)(H2,12,13,18). The number of nitrogens with one attached hydrogen (secondary N) is 3. The van der Waals surface area contributed by atoms with Crippen LogP contribution in [-0.4, -0.2) is 54.7 Å². The normalized spacial score (nSPS) is 11.1. The first-order valence-electron chi connectivity index (χ1n) is 5.56. The molecule has 0 fully saturated rings. The highest BCUT2D eigenvalue weighted by atomic mass is 16.5. The maximum absolute atomic E-state index is 11.3. The largest absolute Gasteiger partial charge is 0.480 e. The molecule has 0 heterocycles. The number of carbonyl (C=O) groups excluding carboxylic acids is 3. The van der Waals surface area contributed by atoms with Gasteiger partial charge in [0, 0.05) is 0 Å². The number of rotatable bonds is 7. The second-order valence-corrected chi connectivity index (χ2v) is 3.47.